The zero-order chi connectivity index (χ0) is 14.7. The number of rotatable bonds is 7. The van der Waals surface area contributed by atoms with Crippen LogP contribution in [0.3, 0.4) is 0 Å². The van der Waals surface area contributed by atoms with E-state index in [1.54, 1.807) is 0 Å². The van der Waals surface area contributed by atoms with Crippen LogP contribution in [-0.4, -0.2) is 19.2 Å². The van der Waals surface area contributed by atoms with Gasteiger partial charge in [0, 0.05) is 0 Å². The first-order valence-corrected chi connectivity index (χ1v) is 8.69. The van der Waals surface area contributed by atoms with E-state index < -0.39 is 0 Å². The minimum atomic E-state index is 0.496. The van der Waals surface area contributed by atoms with Gasteiger partial charge in [-0.15, -0.1) is 0 Å². The maximum absolute atomic E-state index is 5.85. The summed E-state index contributed by atoms with van der Waals surface area (Å²) in [5, 5.41) is 3.65. The van der Waals surface area contributed by atoms with Gasteiger partial charge >= 0.3 is 0 Å². The normalized spacial score (nSPS) is 25.5. The molecule has 0 spiro atoms. The number of benzene rings is 1. The van der Waals surface area contributed by atoms with E-state index in [4.69, 9.17) is 4.74 Å². The highest BCUT2D eigenvalue weighted by Crippen LogP contribution is 2.40. The van der Waals surface area contributed by atoms with Crippen molar-refractivity contribution in [1.82, 2.24) is 5.32 Å². The molecule has 2 aliphatic rings. The van der Waals surface area contributed by atoms with Gasteiger partial charge in [0.15, 0.2) is 0 Å². The zero-order valence-corrected chi connectivity index (χ0v) is 13.5. The molecule has 2 aliphatic carbocycles. The molecule has 2 nitrogen and oxygen atoms in total. The molecule has 1 aromatic carbocycles. The summed E-state index contributed by atoms with van der Waals surface area (Å²) in [7, 11) is 0. The quantitative estimate of drug-likeness (QED) is 0.804. The van der Waals surface area contributed by atoms with E-state index in [2.05, 4.69) is 43.4 Å². The fourth-order valence-corrected chi connectivity index (χ4v) is 3.45. The van der Waals surface area contributed by atoms with Gasteiger partial charge in [-0.1, -0.05) is 32.4 Å². The molecule has 2 heteroatoms. The summed E-state index contributed by atoms with van der Waals surface area (Å²) in [5.74, 6) is 3.33. The molecule has 0 heterocycles. The molecule has 2 fully saturated rings. The van der Waals surface area contributed by atoms with Crippen LogP contribution in [0.5, 0.6) is 5.75 Å². The fraction of sp³-hybridized carbons (Fsp3) is 0.684. The van der Waals surface area contributed by atoms with Crippen molar-refractivity contribution in [3.8, 4) is 5.75 Å². The van der Waals surface area contributed by atoms with Crippen molar-refractivity contribution in [2.75, 3.05) is 13.1 Å². The molecule has 3 rings (SSSR count). The first-order chi connectivity index (χ1) is 10.2. The lowest BCUT2D eigenvalue weighted by atomic mass is 9.89. The van der Waals surface area contributed by atoms with E-state index >= 15 is 0 Å². The molecule has 0 aliphatic heterocycles. The van der Waals surface area contributed by atoms with Crippen molar-refractivity contribution >= 4 is 0 Å². The van der Waals surface area contributed by atoms with Crippen molar-refractivity contribution in [2.24, 2.45) is 11.8 Å². The first-order valence-electron chi connectivity index (χ1n) is 8.69. The lowest BCUT2D eigenvalue weighted by Gasteiger charge is -2.21. The van der Waals surface area contributed by atoms with Gasteiger partial charge in [-0.25, -0.2) is 0 Å². The molecule has 0 aromatic heterocycles. The van der Waals surface area contributed by atoms with Crippen LogP contribution in [-0.2, 0) is 0 Å². The van der Waals surface area contributed by atoms with E-state index in [0.717, 1.165) is 30.0 Å². The molecule has 0 saturated heterocycles. The van der Waals surface area contributed by atoms with Gasteiger partial charge in [0.2, 0.25) is 0 Å². The Morgan fingerprint density at radius 1 is 1.10 bits per heavy atom. The van der Waals surface area contributed by atoms with E-state index in [1.807, 2.05) is 0 Å². The van der Waals surface area contributed by atoms with Gasteiger partial charge in [-0.2, -0.15) is 0 Å². The molecule has 2 unspecified atom stereocenters. The predicted molar refractivity (Wildman–Crippen MR) is 87.9 cm³/mol. The average Bonchev–Trinajstić information content (AvgIpc) is 3.15. The maximum Gasteiger partial charge on any atom is 0.119 e. The van der Waals surface area contributed by atoms with E-state index in [9.17, 15) is 0 Å². The van der Waals surface area contributed by atoms with Crippen LogP contribution in [0.1, 0.15) is 57.4 Å². The van der Waals surface area contributed by atoms with Crippen LogP contribution in [0.15, 0.2) is 24.3 Å². The Bertz CT molecular complexity index is 435. The highest BCUT2D eigenvalue weighted by atomic mass is 16.5. The topological polar surface area (TPSA) is 21.3 Å². The Morgan fingerprint density at radius 3 is 2.52 bits per heavy atom. The second-order valence-corrected chi connectivity index (χ2v) is 7.24. The largest absolute Gasteiger partial charge is 0.490 e. The van der Waals surface area contributed by atoms with Crippen LogP contribution in [0.2, 0.25) is 0 Å². The predicted octanol–water partition coefficient (Wildman–Crippen LogP) is 4.36. The SMILES string of the molecule is CC(C)CNCC1CCCC1c1ccc(OC2CC2)cc1. The summed E-state index contributed by atoms with van der Waals surface area (Å²) >= 11 is 0. The second kappa shape index (κ2) is 6.83. The third kappa shape index (κ3) is 4.23. The lowest BCUT2D eigenvalue weighted by molar-refractivity contribution is 0.303. The summed E-state index contributed by atoms with van der Waals surface area (Å²) < 4.78 is 5.85. The van der Waals surface area contributed by atoms with Gasteiger partial charge in [0.1, 0.15) is 5.75 Å². The molecular weight excluding hydrogens is 258 g/mol. The molecule has 116 valence electrons. The molecule has 1 aromatic rings. The fourth-order valence-electron chi connectivity index (χ4n) is 3.45. The second-order valence-electron chi connectivity index (χ2n) is 7.24. The van der Waals surface area contributed by atoms with Crippen molar-refractivity contribution in [3.05, 3.63) is 29.8 Å². The van der Waals surface area contributed by atoms with Gasteiger partial charge in [-0.05, 0) is 74.2 Å². The standard InChI is InChI=1S/C19H29NO/c1-14(2)12-20-13-16-4-3-5-19(16)15-6-8-17(9-7-15)21-18-10-11-18/h6-9,14,16,18-20H,3-5,10-13H2,1-2H3. The van der Waals surface area contributed by atoms with E-state index in [-0.39, 0.29) is 0 Å². The van der Waals surface area contributed by atoms with Crippen LogP contribution < -0.4 is 10.1 Å². The van der Waals surface area contributed by atoms with Crippen LogP contribution in [0, 0.1) is 11.8 Å². The Hall–Kier alpha value is -1.02. The average molecular weight is 287 g/mol. The third-order valence-electron chi connectivity index (χ3n) is 4.75. The molecule has 2 atom stereocenters. The van der Waals surface area contributed by atoms with Crippen LogP contribution in [0.25, 0.3) is 0 Å². The number of hydrogen-bond acceptors (Lipinski definition) is 2. The number of nitrogens with one attached hydrogen (secondary N) is 1. The molecule has 21 heavy (non-hydrogen) atoms. The third-order valence-corrected chi connectivity index (χ3v) is 4.75. The lowest BCUT2D eigenvalue weighted by Crippen LogP contribution is -2.27. The summed E-state index contributed by atoms with van der Waals surface area (Å²) in [4.78, 5) is 0. The summed E-state index contributed by atoms with van der Waals surface area (Å²) in [6.07, 6.45) is 7.05. The van der Waals surface area contributed by atoms with Crippen molar-refractivity contribution in [2.45, 2.75) is 58.0 Å². The van der Waals surface area contributed by atoms with Crippen LogP contribution in [0.4, 0.5) is 0 Å². The number of hydrogen-bond donors (Lipinski definition) is 1. The zero-order valence-electron chi connectivity index (χ0n) is 13.5. The first kappa shape index (κ1) is 14.9. The Labute approximate surface area is 129 Å². The Morgan fingerprint density at radius 2 is 1.86 bits per heavy atom. The molecule has 0 amide bonds. The molecule has 0 bridgehead atoms. The minimum Gasteiger partial charge on any atom is -0.490 e. The monoisotopic (exact) mass is 287 g/mol. The van der Waals surface area contributed by atoms with Crippen molar-refractivity contribution in [1.29, 1.82) is 0 Å². The van der Waals surface area contributed by atoms with Gasteiger partial charge < -0.3 is 10.1 Å². The summed E-state index contributed by atoms with van der Waals surface area (Å²) in [6, 6.07) is 8.93. The van der Waals surface area contributed by atoms with Crippen LogP contribution >= 0.6 is 0 Å². The summed E-state index contributed by atoms with van der Waals surface area (Å²) in [6.45, 7) is 6.86. The van der Waals surface area contributed by atoms with Gasteiger partial charge in [0.05, 0.1) is 6.10 Å². The highest BCUT2D eigenvalue weighted by Gasteiger charge is 2.28. The molecule has 0 radical (unpaired) electrons. The number of ether oxygens (including phenoxy) is 1. The minimum absolute atomic E-state index is 0.496. The van der Waals surface area contributed by atoms with Crippen molar-refractivity contribution < 1.29 is 4.74 Å². The van der Waals surface area contributed by atoms with Crippen molar-refractivity contribution in [3.63, 3.8) is 0 Å². The maximum atomic E-state index is 5.85. The van der Waals surface area contributed by atoms with Gasteiger partial charge in [-0.3, -0.25) is 0 Å². The Balaban J connectivity index is 1.55. The van der Waals surface area contributed by atoms with E-state index in [0.29, 0.717) is 6.10 Å². The smallest absolute Gasteiger partial charge is 0.119 e. The van der Waals surface area contributed by atoms with Gasteiger partial charge in [0.25, 0.3) is 0 Å². The Kier molecular flexibility index (Phi) is 4.84. The summed E-state index contributed by atoms with van der Waals surface area (Å²) in [5.41, 5.74) is 1.51. The van der Waals surface area contributed by atoms with E-state index in [1.165, 1.54) is 44.2 Å². The molecular formula is C19H29NO. The molecule has 2 saturated carbocycles. The molecule has 1 N–H and O–H groups in total. The highest BCUT2D eigenvalue weighted by molar-refractivity contribution is 5.30.